The average Bonchev–Trinajstić information content (AvgIpc) is 2.91. The van der Waals surface area contributed by atoms with Gasteiger partial charge in [0.15, 0.2) is 0 Å². The molecule has 1 amide bonds. The van der Waals surface area contributed by atoms with Crippen LogP contribution in [0, 0.1) is 11.2 Å². The molecule has 3 atom stereocenters. The van der Waals surface area contributed by atoms with Gasteiger partial charge in [-0.2, -0.15) is 0 Å². The van der Waals surface area contributed by atoms with Crippen LogP contribution in [0.5, 0.6) is 0 Å². The summed E-state index contributed by atoms with van der Waals surface area (Å²) in [7, 11) is 1.68. The van der Waals surface area contributed by atoms with E-state index in [9.17, 15) is 9.18 Å². The van der Waals surface area contributed by atoms with Crippen molar-refractivity contribution in [1.82, 2.24) is 16.2 Å². The lowest BCUT2D eigenvalue weighted by atomic mass is 9.87. The number of hydrogen-bond donors (Lipinski definition) is 3. The van der Waals surface area contributed by atoms with E-state index in [0.717, 1.165) is 18.4 Å². The maximum absolute atomic E-state index is 13.2. The zero-order chi connectivity index (χ0) is 17.4. The zero-order valence-corrected chi connectivity index (χ0v) is 14.5. The lowest BCUT2D eigenvalue weighted by molar-refractivity contribution is -0.124. The molecule has 2 aliphatic rings. The number of hydrazine groups is 1. The van der Waals surface area contributed by atoms with Gasteiger partial charge in [-0.1, -0.05) is 26.0 Å². The highest BCUT2D eigenvalue weighted by molar-refractivity contribution is 5.93. The molecule has 1 aliphatic carbocycles. The third-order valence-corrected chi connectivity index (χ3v) is 5.40. The van der Waals surface area contributed by atoms with Crippen molar-refractivity contribution in [3.8, 4) is 0 Å². The Morgan fingerprint density at radius 1 is 1.29 bits per heavy atom. The van der Waals surface area contributed by atoms with E-state index in [1.165, 1.54) is 12.1 Å². The van der Waals surface area contributed by atoms with Crippen LogP contribution >= 0.6 is 0 Å². The summed E-state index contributed by atoms with van der Waals surface area (Å²) in [5, 5.41) is 3.08. The van der Waals surface area contributed by atoms with Gasteiger partial charge in [0.05, 0.1) is 12.0 Å². The van der Waals surface area contributed by atoms with E-state index in [1.807, 2.05) is 0 Å². The first kappa shape index (κ1) is 17.3. The molecule has 2 fully saturated rings. The second-order valence-corrected chi connectivity index (χ2v) is 7.56. The average molecular weight is 335 g/mol. The van der Waals surface area contributed by atoms with Crippen molar-refractivity contribution in [3.63, 3.8) is 0 Å². The molecular weight excluding hydrogens is 309 g/mol. The summed E-state index contributed by atoms with van der Waals surface area (Å²) >= 11 is 0. The summed E-state index contributed by atoms with van der Waals surface area (Å²) in [4.78, 5) is 12.9. The van der Waals surface area contributed by atoms with Crippen LogP contribution in [0.1, 0.15) is 32.3 Å². The number of benzene rings is 1. The van der Waals surface area contributed by atoms with Crippen LogP contribution in [0.3, 0.4) is 0 Å². The standard InChI is InChI=1S/C18H26FN3O2/c1-17(2)11-18(17,12-4-6-13(19)7-5-12)16(23)20-9-14-8-15(10-24-3)22-21-14/h4-7,14-15,21-22H,8-11H2,1-3H3,(H,20,23). The molecule has 3 rings (SSSR count). The fourth-order valence-electron chi connectivity index (χ4n) is 3.87. The largest absolute Gasteiger partial charge is 0.383 e. The van der Waals surface area contributed by atoms with E-state index in [2.05, 4.69) is 30.0 Å². The Balaban J connectivity index is 1.63. The van der Waals surface area contributed by atoms with E-state index < -0.39 is 5.41 Å². The van der Waals surface area contributed by atoms with Gasteiger partial charge in [0.1, 0.15) is 5.82 Å². The van der Waals surface area contributed by atoms with Crippen LogP contribution in [-0.2, 0) is 14.9 Å². The Kier molecular flexibility index (Phi) is 4.64. The highest BCUT2D eigenvalue weighted by Gasteiger charge is 2.67. The van der Waals surface area contributed by atoms with E-state index in [-0.39, 0.29) is 29.2 Å². The van der Waals surface area contributed by atoms with Gasteiger partial charge in [-0.25, -0.2) is 4.39 Å². The van der Waals surface area contributed by atoms with Gasteiger partial charge in [0.2, 0.25) is 5.91 Å². The van der Waals surface area contributed by atoms with Crippen molar-refractivity contribution in [2.75, 3.05) is 20.3 Å². The van der Waals surface area contributed by atoms with Crippen molar-refractivity contribution in [2.45, 2.75) is 44.2 Å². The third-order valence-electron chi connectivity index (χ3n) is 5.40. The molecule has 132 valence electrons. The predicted molar refractivity (Wildman–Crippen MR) is 89.8 cm³/mol. The molecule has 0 aromatic heterocycles. The lowest BCUT2D eigenvalue weighted by Gasteiger charge is -2.22. The maximum Gasteiger partial charge on any atom is 0.231 e. The fraction of sp³-hybridized carbons (Fsp3) is 0.611. The van der Waals surface area contributed by atoms with Crippen molar-refractivity contribution in [2.24, 2.45) is 5.41 Å². The second kappa shape index (κ2) is 6.43. The van der Waals surface area contributed by atoms with E-state index in [0.29, 0.717) is 13.2 Å². The summed E-state index contributed by atoms with van der Waals surface area (Å²) in [6.07, 6.45) is 1.68. The van der Waals surface area contributed by atoms with Gasteiger partial charge < -0.3 is 10.1 Å². The van der Waals surface area contributed by atoms with Crippen molar-refractivity contribution < 1.29 is 13.9 Å². The lowest BCUT2D eigenvalue weighted by Crippen LogP contribution is -2.45. The van der Waals surface area contributed by atoms with E-state index in [1.54, 1.807) is 19.2 Å². The van der Waals surface area contributed by atoms with Gasteiger partial charge in [-0.15, -0.1) is 0 Å². The number of halogens is 1. The van der Waals surface area contributed by atoms with Crippen LogP contribution in [0.2, 0.25) is 0 Å². The second-order valence-electron chi connectivity index (χ2n) is 7.56. The molecule has 0 spiro atoms. The molecular formula is C18H26FN3O2. The van der Waals surface area contributed by atoms with Gasteiger partial charge in [-0.05, 0) is 36.0 Å². The molecule has 1 saturated carbocycles. The van der Waals surface area contributed by atoms with Gasteiger partial charge in [-0.3, -0.25) is 15.6 Å². The minimum absolute atomic E-state index is 0.0242. The normalized spacial score (nSPS) is 31.0. The Hall–Kier alpha value is -1.50. The Morgan fingerprint density at radius 2 is 1.92 bits per heavy atom. The summed E-state index contributed by atoms with van der Waals surface area (Å²) in [5.41, 5.74) is 6.58. The number of methoxy groups -OCH3 is 1. The predicted octanol–water partition coefficient (Wildman–Crippen LogP) is 1.49. The van der Waals surface area contributed by atoms with Gasteiger partial charge >= 0.3 is 0 Å². The molecule has 1 aromatic rings. The molecule has 3 unspecified atom stereocenters. The summed E-state index contributed by atoms with van der Waals surface area (Å²) < 4.78 is 18.4. The molecule has 0 radical (unpaired) electrons. The Labute approximate surface area is 142 Å². The molecule has 1 heterocycles. The number of ether oxygens (including phenoxy) is 1. The number of nitrogens with one attached hydrogen (secondary N) is 3. The van der Waals surface area contributed by atoms with E-state index >= 15 is 0 Å². The first-order valence-corrected chi connectivity index (χ1v) is 8.43. The molecule has 1 aromatic carbocycles. The first-order valence-electron chi connectivity index (χ1n) is 8.43. The van der Waals surface area contributed by atoms with Crippen LogP contribution < -0.4 is 16.2 Å². The maximum atomic E-state index is 13.2. The molecule has 1 aliphatic heterocycles. The number of rotatable bonds is 6. The highest BCUT2D eigenvalue weighted by Crippen LogP contribution is 2.64. The Bertz CT molecular complexity index is 605. The summed E-state index contributed by atoms with van der Waals surface area (Å²) in [6.45, 7) is 5.37. The third kappa shape index (κ3) is 3.06. The smallest absolute Gasteiger partial charge is 0.231 e. The number of carbonyl (C=O) groups excluding carboxylic acids is 1. The van der Waals surface area contributed by atoms with E-state index in [4.69, 9.17) is 4.74 Å². The van der Waals surface area contributed by atoms with Crippen LogP contribution in [0.4, 0.5) is 4.39 Å². The van der Waals surface area contributed by atoms with Crippen LogP contribution in [0.25, 0.3) is 0 Å². The number of hydrogen-bond acceptors (Lipinski definition) is 4. The summed E-state index contributed by atoms with van der Waals surface area (Å²) in [5.74, 6) is -0.255. The van der Waals surface area contributed by atoms with Crippen molar-refractivity contribution in [1.29, 1.82) is 0 Å². The Morgan fingerprint density at radius 3 is 2.50 bits per heavy atom. The first-order chi connectivity index (χ1) is 11.4. The molecule has 6 heteroatoms. The van der Waals surface area contributed by atoms with Crippen LogP contribution in [0.15, 0.2) is 24.3 Å². The summed E-state index contributed by atoms with van der Waals surface area (Å²) in [6, 6.07) is 6.76. The molecule has 5 nitrogen and oxygen atoms in total. The molecule has 1 saturated heterocycles. The highest BCUT2D eigenvalue weighted by atomic mass is 19.1. The zero-order valence-electron chi connectivity index (χ0n) is 14.5. The van der Waals surface area contributed by atoms with Gasteiger partial charge in [0, 0.05) is 25.7 Å². The SMILES string of the molecule is COCC1CC(CNC(=O)C2(c3ccc(F)cc3)CC2(C)C)NN1. The van der Waals surface area contributed by atoms with Crippen molar-refractivity contribution >= 4 is 5.91 Å². The number of carbonyl (C=O) groups is 1. The van der Waals surface area contributed by atoms with Gasteiger partial charge in [0.25, 0.3) is 0 Å². The van der Waals surface area contributed by atoms with Crippen LogP contribution in [-0.4, -0.2) is 38.3 Å². The quantitative estimate of drug-likeness (QED) is 0.737. The topological polar surface area (TPSA) is 62.4 Å². The fourth-order valence-corrected chi connectivity index (χ4v) is 3.87. The minimum Gasteiger partial charge on any atom is -0.383 e. The minimum atomic E-state index is -0.557. The molecule has 3 N–H and O–H groups in total. The number of amides is 1. The molecule has 0 bridgehead atoms. The monoisotopic (exact) mass is 335 g/mol. The molecule has 24 heavy (non-hydrogen) atoms. The van der Waals surface area contributed by atoms with Crippen molar-refractivity contribution in [3.05, 3.63) is 35.6 Å².